The molecule has 0 spiro atoms. The lowest BCUT2D eigenvalue weighted by Crippen LogP contribution is -2.28. The first-order valence-electron chi connectivity index (χ1n) is 5.44. The molecule has 1 rings (SSSR count). The smallest absolute Gasteiger partial charge is 0.125 e. The molecule has 1 unspecified atom stereocenters. The average molecular weight is 208 g/mol. The lowest BCUT2D eigenvalue weighted by molar-refractivity contribution is 0.00656. The molecule has 0 aliphatic carbocycles. The summed E-state index contributed by atoms with van der Waals surface area (Å²) in [5.74, 6) is 0.929. The number of aliphatic hydroxyl groups is 1. The van der Waals surface area contributed by atoms with Gasteiger partial charge in [0.25, 0.3) is 0 Å². The Hall–Kier alpha value is -1.02. The first-order valence-corrected chi connectivity index (χ1v) is 5.44. The van der Waals surface area contributed by atoms with Crippen LogP contribution in [-0.4, -0.2) is 11.7 Å². The van der Waals surface area contributed by atoms with Gasteiger partial charge in [0, 0.05) is 5.56 Å². The maximum absolute atomic E-state index is 10.4. The first-order chi connectivity index (χ1) is 7.00. The summed E-state index contributed by atoms with van der Waals surface area (Å²) in [6.07, 6.45) is 0. The fraction of sp³-hybridized carbons (Fsp3) is 0.538. The minimum absolute atomic E-state index is 0.152. The second-order valence-corrected chi connectivity index (χ2v) is 4.23. The van der Waals surface area contributed by atoms with E-state index in [9.17, 15) is 5.11 Å². The Balaban J connectivity index is 3.12. The Bertz CT molecular complexity index is 316. The molecule has 0 amide bonds. The number of ether oxygens (including phenoxy) is 1. The molecular weight excluding hydrogens is 188 g/mol. The molecule has 0 fully saturated rings. The van der Waals surface area contributed by atoms with E-state index in [-0.39, 0.29) is 5.92 Å². The largest absolute Gasteiger partial charge is 0.493 e. The van der Waals surface area contributed by atoms with Gasteiger partial charge in [0.05, 0.1) is 12.2 Å². The zero-order chi connectivity index (χ0) is 11.5. The quantitative estimate of drug-likeness (QED) is 0.824. The van der Waals surface area contributed by atoms with Crippen molar-refractivity contribution in [2.75, 3.05) is 6.61 Å². The van der Waals surface area contributed by atoms with Crippen LogP contribution in [0.15, 0.2) is 24.3 Å². The molecule has 0 saturated heterocycles. The monoisotopic (exact) mass is 208 g/mol. The molecule has 0 aliphatic heterocycles. The summed E-state index contributed by atoms with van der Waals surface area (Å²) in [6, 6.07) is 7.67. The third-order valence-electron chi connectivity index (χ3n) is 2.86. The summed E-state index contributed by atoms with van der Waals surface area (Å²) in [5.41, 5.74) is 0.0213. The van der Waals surface area contributed by atoms with Crippen molar-refractivity contribution in [2.24, 2.45) is 5.92 Å². The molecule has 0 aromatic heterocycles. The van der Waals surface area contributed by atoms with E-state index < -0.39 is 5.60 Å². The standard InChI is InChI=1S/C13H20O2/c1-5-15-12-9-7-6-8-11(12)13(4,14)10(2)3/h6-10,14H,5H2,1-4H3. The van der Waals surface area contributed by atoms with Crippen LogP contribution in [0.2, 0.25) is 0 Å². The summed E-state index contributed by atoms with van der Waals surface area (Å²) < 4.78 is 5.51. The highest BCUT2D eigenvalue weighted by Gasteiger charge is 2.30. The molecule has 2 nitrogen and oxygen atoms in total. The van der Waals surface area contributed by atoms with E-state index in [0.717, 1.165) is 11.3 Å². The normalized spacial score (nSPS) is 15.1. The molecule has 0 heterocycles. The lowest BCUT2D eigenvalue weighted by atomic mass is 9.85. The summed E-state index contributed by atoms with van der Waals surface area (Å²) in [6.45, 7) is 8.40. The van der Waals surface area contributed by atoms with Crippen LogP contribution in [-0.2, 0) is 5.60 Å². The van der Waals surface area contributed by atoms with Crippen molar-refractivity contribution in [2.45, 2.75) is 33.3 Å². The first kappa shape index (κ1) is 12.1. The van der Waals surface area contributed by atoms with Crippen molar-refractivity contribution in [3.05, 3.63) is 29.8 Å². The molecule has 0 saturated carbocycles. The highest BCUT2D eigenvalue weighted by atomic mass is 16.5. The van der Waals surface area contributed by atoms with Crippen molar-refractivity contribution >= 4 is 0 Å². The average Bonchev–Trinajstić information content (AvgIpc) is 2.18. The van der Waals surface area contributed by atoms with Crippen LogP contribution in [0.25, 0.3) is 0 Å². The van der Waals surface area contributed by atoms with Gasteiger partial charge in [0.15, 0.2) is 0 Å². The fourth-order valence-electron chi connectivity index (χ4n) is 1.48. The van der Waals surface area contributed by atoms with E-state index >= 15 is 0 Å². The van der Waals surface area contributed by atoms with Gasteiger partial charge in [-0.15, -0.1) is 0 Å². The Kier molecular flexibility index (Phi) is 3.75. The Labute approximate surface area is 91.9 Å². The maximum atomic E-state index is 10.4. The van der Waals surface area contributed by atoms with Gasteiger partial charge in [-0.3, -0.25) is 0 Å². The van der Waals surface area contributed by atoms with Gasteiger partial charge >= 0.3 is 0 Å². The van der Waals surface area contributed by atoms with E-state index in [2.05, 4.69) is 0 Å². The predicted octanol–water partition coefficient (Wildman–Crippen LogP) is 2.95. The molecule has 15 heavy (non-hydrogen) atoms. The molecule has 2 heteroatoms. The zero-order valence-electron chi connectivity index (χ0n) is 9.95. The van der Waals surface area contributed by atoms with Gasteiger partial charge in [0.1, 0.15) is 5.75 Å². The Morgan fingerprint density at radius 1 is 1.33 bits per heavy atom. The zero-order valence-corrected chi connectivity index (χ0v) is 9.95. The van der Waals surface area contributed by atoms with Crippen LogP contribution >= 0.6 is 0 Å². The molecular formula is C13H20O2. The van der Waals surface area contributed by atoms with Crippen LogP contribution in [0.1, 0.15) is 33.3 Å². The third-order valence-corrected chi connectivity index (χ3v) is 2.86. The summed E-state index contributed by atoms with van der Waals surface area (Å²) in [4.78, 5) is 0. The summed E-state index contributed by atoms with van der Waals surface area (Å²) in [5, 5.41) is 10.4. The van der Waals surface area contributed by atoms with Crippen LogP contribution in [0.4, 0.5) is 0 Å². The second-order valence-electron chi connectivity index (χ2n) is 4.23. The Morgan fingerprint density at radius 3 is 2.47 bits per heavy atom. The number of para-hydroxylation sites is 1. The van der Waals surface area contributed by atoms with Crippen molar-refractivity contribution in [1.82, 2.24) is 0 Å². The van der Waals surface area contributed by atoms with E-state index in [1.807, 2.05) is 52.0 Å². The second kappa shape index (κ2) is 4.67. The maximum Gasteiger partial charge on any atom is 0.125 e. The van der Waals surface area contributed by atoms with E-state index in [4.69, 9.17) is 4.74 Å². The molecule has 1 aromatic carbocycles. The topological polar surface area (TPSA) is 29.5 Å². The van der Waals surface area contributed by atoms with E-state index in [0.29, 0.717) is 6.61 Å². The van der Waals surface area contributed by atoms with Gasteiger partial charge in [-0.2, -0.15) is 0 Å². The van der Waals surface area contributed by atoms with Crippen LogP contribution < -0.4 is 4.74 Å². The molecule has 0 aliphatic rings. The molecule has 1 aromatic rings. The number of benzene rings is 1. The highest BCUT2D eigenvalue weighted by Crippen LogP contribution is 2.35. The van der Waals surface area contributed by atoms with Crippen molar-refractivity contribution in [3.8, 4) is 5.75 Å². The van der Waals surface area contributed by atoms with Gasteiger partial charge < -0.3 is 9.84 Å². The van der Waals surface area contributed by atoms with Gasteiger partial charge in [-0.25, -0.2) is 0 Å². The van der Waals surface area contributed by atoms with Gasteiger partial charge in [0.2, 0.25) is 0 Å². The molecule has 0 radical (unpaired) electrons. The lowest BCUT2D eigenvalue weighted by Gasteiger charge is -2.29. The number of hydrogen-bond donors (Lipinski definition) is 1. The van der Waals surface area contributed by atoms with Crippen LogP contribution in [0.3, 0.4) is 0 Å². The van der Waals surface area contributed by atoms with Gasteiger partial charge in [-0.1, -0.05) is 32.0 Å². The minimum atomic E-state index is -0.842. The van der Waals surface area contributed by atoms with Crippen molar-refractivity contribution in [3.63, 3.8) is 0 Å². The molecule has 84 valence electrons. The Morgan fingerprint density at radius 2 is 1.93 bits per heavy atom. The summed E-state index contributed by atoms with van der Waals surface area (Å²) >= 11 is 0. The van der Waals surface area contributed by atoms with E-state index in [1.54, 1.807) is 0 Å². The molecule has 0 bridgehead atoms. The molecule has 1 atom stereocenters. The summed E-state index contributed by atoms with van der Waals surface area (Å²) in [7, 11) is 0. The van der Waals surface area contributed by atoms with Gasteiger partial charge in [-0.05, 0) is 25.8 Å². The van der Waals surface area contributed by atoms with Crippen LogP contribution in [0.5, 0.6) is 5.75 Å². The van der Waals surface area contributed by atoms with Crippen LogP contribution in [0, 0.1) is 5.92 Å². The SMILES string of the molecule is CCOc1ccccc1C(C)(O)C(C)C. The predicted molar refractivity (Wildman–Crippen MR) is 62.0 cm³/mol. The van der Waals surface area contributed by atoms with E-state index in [1.165, 1.54) is 0 Å². The van der Waals surface area contributed by atoms with Crippen molar-refractivity contribution in [1.29, 1.82) is 0 Å². The minimum Gasteiger partial charge on any atom is -0.493 e. The number of rotatable bonds is 4. The third kappa shape index (κ3) is 2.51. The molecule has 1 N–H and O–H groups in total. The van der Waals surface area contributed by atoms with Crippen molar-refractivity contribution < 1.29 is 9.84 Å². The number of hydrogen-bond acceptors (Lipinski definition) is 2. The highest BCUT2D eigenvalue weighted by molar-refractivity contribution is 5.37. The fourth-order valence-corrected chi connectivity index (χ4v) is 1.48.